The van der Waals surface area contributed by atoms with Crippen LogP contribution in [0, 0.1) is 23.7 Å². The summed E-state index contributed by atoms with van der Waals surface area (Å²) in [4.78, 5) is 91.2. The van der Waals surface area contributed by atoms with Crippen molar-refractivity contribution in [2.24, 2.45) is 23.7 Å². The molecule has 4 aliphatic rings. The number of methoxy groups -OCH3 is 3. The van der Waals surface area contributed by atoms with Gasteiger partial charge in [0.1, 0.15) is 17.5 Å². The number of pyridine rings is 1. The van der Waals surface area contributed by atoms with Crippen LogP contribution in [0.2, 0.25) is 10.0 Å². The van der Waals surface area contributed by atoms with Crippen LogP contribution in [-0.4, -0.2) is 183 Å². The highest BCUT2D eigenvalue weighted by Gasteiger charge is 2.61. The van der Waals surface area contributed by atoms with E-state index in [4.69, 9.17) is 80.0 Å². The number of rotatable bonds is 19. The fraction of sp³-hybridized carbons (Fsp3) is 0.717. The van der Waals surface area contributed by atoms with Crippen LogP contribution in [0.3, 0.4) is 0 Å². The van der Waals surface area contributed by atoms with Crippen LogP contribution in [0.4, 0.5) is 4.79 Å². The summed E-state index contributed by atoms with van der Waals surface area (Å²) in [5.41, 5.74) is -3.32. The predicted octanol–water partition coefficient (Wildman–Crippen LogP) is 8.65. The Labute approximate surface area is 498 Å². The van der Waals surface area contributed by atoms with E-state index in [-0.39, 0.29) is 84.8 Å². The van der Waals surface area contributed by atoms with Gasteiger partial charge in [0, 0.05) is 88.7 Å². The molecule has 4 saturated heterocycles. The molecule has 1 aromatic carbocycles. The summed E-state index contributed by atoms with van der Waals surface area (Å²) in [6, 6.07) is 3.47. The number of carbonyl (C=O) groups excluding carboxylic acids is 6. The first-order chi connectivity index (χ1) is 39.0. The quantitative estimate of drug-likeness (QED) is 0.0554. The average Bonchev–Trinajstić information content (AvgIpc) is 3.29. The Morgan fingerprint density at radius 1 is 0.819 bits per heavy atom. The molecule has 18 atom stereocenters. The van der Waals surface area contributed by atoms with Crippen molar-refractivity contribution in [2.75, 3.05) is 48.6 Å². The number of hydrogen-bond donors (Lipinski definition) is 0. The fourth-order valence-corrected chi connectivity index (χ4v) is 13.3. The van der Waals surface area contributed by atoms with Gasteiger partial charge >= 0.3 is 24.0 Å². The van der Waals surface area contributed by atoms with Gasteiger partial charge in [-0.25, -0.2) is 4.79 Å². The summed E-state index contributed by atoms with van der Waals surface area (Å²) in [7, 11) is 8.25. The third kappa shape index (κ3) is 15.1. The Kier molecular flexibility index (Phi) is 22.9. The van der Waals surface area contributed by atoms with Crippen LogP contribution >= 0.6 is 23.2 Å². The third-order valence-electron chi connectivity index (χ3n) is 17.2. The van der Waals surface area contributed by atoms with E-state index >= 15 is 9.59 Å². The van der Waals surface area contributed by atoms with Gasteiger partial charge in [0.05, 0.1) is 71.8 Å². The largest absolute Gasteiger partial charge is 0.493 e. The molecule has 83 heavy (non-hydrogen) atoms. The number of ketones is 2. The Bertz CT molecular complexity index is 2610. The molecule has 4 aliphatic heterocycles. The molecule has 1 aromatic heterocycles. The lowest BCUT2D eigenvalue weighted by Crippen LogP contribution is -2.62. The number of hydrogen-bond acceptors (Lipinski definition) is 20. The molecule has 0 N–H and O–H groups in total. The van der Waals surface area contributed by atoms with Gasteiger partial charge < -0.3 is 66.6 Å². The van der Waals surface area contributed by atoms with Crippen LogP contribution in [0.25, 0.3) is 0 Å². The number of ether oxygens (including phenoxy) is 12. The monoisotopic (exact) mass is 1210 g/mol. The molecule has 0 bridgehead atoms. The van der Waals surface area contributed by atoms with Crippen molar-refractivity contribution in [3.63, 3.8) is 0 Å². The van der Waals surface area contributed by atoms with Gasteiger partial charge in [0.15, 0.2) is 47.7 Å². The molecule has 2 aromatic rings. The molecule has 1 amide bonds. The number of aromatic nitrogens is 1. The van der Waals surface area contributed by atoms with Crippen molar-refractivity contribution < 1.29 is 85.6 Å². The van der Waals surface area contributed by atoms with Crippen molar-refractivity contribution >= 4 is 58.8 Å². The zero-order chi connectivity index (χ0) is 61.6. The van der Waals surface area contributed by atoms with Crippen LogP contribution in [-0.2, 0) is 73.0 Å². The maximum atomic E-state index is 15.4. The standard InChI is InChI=1S/C60H87Cl2N3O18/c1-18-47-60(12)52(65(57(71)83-60)22-19-23-75-46-25-39(20-21-45(46)72-15)44(68)26-40-41(61)29-63-30-42(40)62)33(4)49(69)31(2)27-58(10,73-16)53(82-56-51(78-37(8)66)43(64(13)14)24-32(3)76-56)34(5)50(35(6)55(70)80-47)81-48-28-59(11,74-17)54(36(7)77-48)79-38(9)67/h20-21,25,29-36,43,47-48,50-54,56H,18-19,22-24,26-28H2,1-17H3/t31-,32-,33+,34+,35-,36+,43+,47-,48+,50+,51-,52-,53-,54+,56+,58-,59-,60-/m1/s1. The van der Waals surface area contributed by atoms with E-state index in [2.05, 4.69) is 4.98 Å². The van der Waals surface area contributed by atoms with E-state index in [1.807, 2.05) is 39.8 Å². The molecule has 0 saturated carbocycles. The van der Waals surface area contributed by atoms with Gasteiger partial charge in [0.2, 0.25) is 0 Å². The second kappa shape index (κ2) is 28.2. The Morgan fingerprint density at radius 2 is 1.46 bits per heavy atom. The molecule has 6 rings (SSSR count). The van der Waals surface area contributed by atoms with Crippen LogP contribution in [0.15, 0.2) is 30.6 Å². The number of likely N-dealkylation sites (N-methyl/N-ethyl adjacent to an activating group) is 1. The van der Waals surface area contributed by atoms with Crippen LogP contribution in [0.5, 0.6) is 11.5 Å². The molecular weight excluding hydrogens is 1120 g/mol. The average molecular weight is 1210 g/mol. The zero-order valence-corrected chi connectivity index (χ0v) is 52.7. The number of nitrogens with zero attached hydrogens (tertiary/aromatic N) is 3. The van der Waals surface area contributed by atoms with E-state index in [0.717, 1.165) is 0 Å². The van der Waals surface area contributed by atoms with E-state index in [1.165, 1.54) is 52.5 Å². The molecule has 4 fully saturated rings. The molecule has 464 valence electrons. The van der Waals surface area contributed by atoms with E-state index in [9.17, 15) is 19.2 Å². The second-order valence-corrected chi connectivity index (χ2v) is 24.4. The normalized spacial score (nSPS) is 35.4. The van der Waals surface area contributed by atoms with E-state index in [0.29, 0.717) is 23.3 Å². The molecule has 23 heteroatoms. The minimum Gasteiger partial charge on any atom is -0.493 e. The fourth-order valence-electron chi connectivity index (χ4n) is 12.8. The summed E-state index contributed by atoms with van der Waals surface area (Å²) in [5, 5.41) is 0.515. The van der Waals surface area contributed by atoms with Gasteiger partial charge in [0.25, 0.3) is 0 Å². The predicted molar refractivity (Wildman–Crippen MR) is 304 cm³/mol. The number of fused-ring (bicyclic) bond motifs is 1. The first kappa shape index (κ1) is 67.4. The first-order valence-corrected chi connectivity index (χ1v) is 29.3. The van der Waals surface area contributed by atoms with Crippen LogP contribution < -0.4 is 9.47 Å². The van der Waals surface area contributed by atoms with Crippen molar-refractivity contribution in [3.05, 3.63) is 51.8 Å². The SMILES string of the molecule is CC[C@H]1OC(=O)[C@H](C)[C@@H](O[C@H]2C[C@@](C)(OC)[C@@H](OC(C)=O)[C@H](C)O2)[C@H](C)[C@@H](O[C@@H]2O[C@H](C)C[C@H](N(C)C)[C@H]2OC(C)=O)[C@](C)(OC)C[C@@H](C)C(=O)[C@H](C)[C@H]2N(CCCOc3cc(C(=O)Cc4c(Cl)cncc4Cl)ccc3OC)C(=O)O[C@]12C. The molecule has 0 spiro atoms. The molecule has 21 nitrogen and oxygen atoms in total. The van der Waals surface area contributed by atoms with Gasteiger partial charge in [-0.3, -0.25) is 29.0 Å². The second-order valence-electron chi connectivity index (χ2n) is 23.6. The maximum Gasteiger partial charge on any atom is 0.410 e. The summed E-state index contributed by atoms with van der Waals surface area (Å²) < 4.78 is 76.3. The van der Waals surface area contributed by atoms with Gasteiger partial charge in [-0.05, 0) is 99.5 Å². The maximum absolute atomic E-state index is 15.4. The lowest BCUT2D eigenvalue weighted by Gasteiger charge is -2.50. The van der Waals surface area contributed by atoms with Crippen molar-refractivity contribution in [2.45, 2.75) is 206 Å². The highest BCUT2D eigenvalue weighted by atomic mass is 35.5. The summed E-state index contributed by atoms with van der Waals surface area (Å²) in [6.45, 7) is 20.5. The molecular formula is C60H87Cl2N3O18. The summed E-state index contributed by atoms with van der Waals surface area (Å²) in [5.74, 6) is -5.32. The number of cyclic esters (lactones) is 1. The topological polar surface area (TPSA) is 233 Å². The van der Waals surface area contributed by atoms with Gasteiger partial charge in [-0.15, -0.1) is 0 Å². The molecule has 5 heterocycles. The Morgan fingerprint density at radius 3 is 2.05 bits per heavy atom. The minimum atomic E-state index is -1.57. The van der Waals surface area contributed by atoms with Crippen molar-refractivity contribution in [3.8, 4) is 11.5 Å². The van der Waals surface area contributed by atoms with E-state index < -0.39 is 120 Å². The highest BCUT2D eigenvalue weighted by molar-refractivity contribution is 6.36. The summed E-state index contributed by atoms with van der Waals surface area (Å²) in [6.07, 6.45) is -5.37. The first-order valence-electron chi connectivity index (χ1n) is 28.6. The van der Waals surface area contributed by atoms with Crippen molar-refractivity contribution in [1.29, 1.82) is 0 Å². The number of amides is 1. The van der Waals surface area contributed by atoms with E-state index in [1.54, 1.807) is 66.7 Å². The Hall–Kier alpha value is -4.71. The molecule has 0 aliphatic carbocycles. The third-order valence-corrected chi connectivity index (χ3v) is 17.9. The smallest absolute Gasteiger partial charge is 0.410 e. The van der Waals surface area contributed by atoms with Gasteiger partial charge in [-0.1, -0.05) is 50.9 Å². The van der Waals surface area contributed by atoms with Crippen LogP contribution in [0.1, 0.15) is 131 Å². The highest BCUT2D eigenvalue weighted by Crippen LogP contribution is 2.45. The molecule has 0 unspecified atom stereocenters. The summed E-state index contributed by atoms with van der Waals surface area (Å²) >= 11 is 12.7. The number of esters is 3. The number of Topliss-reactive ketones (excluding diaryl/α,β-unsaturated/α-hetero) is 2. The lowest BCUT2D eigenvalue weighted by molar-refractivity contribution is -0.320. The van der Waals surface area contributed by atoms with Gasteiger partial charge in [-0.2, -0.15) is 0 Å². The number of carbonyl (C=O) groups is 6. The molecule has 0 radical (unpaired) electrons. The number of halogens is 2. The lowest BCUT2D eigenvalue weighted by atomic mass is 9.73. The zero-order valence-electron chi connectivity index (χ0n) is 51.1. The van der Waals surface area contributed by atoms with Crippen molar-refractivity contribution in [1.82, 2.24) is 14.8 Å². The minimum absolute atomic E-state index is 0.0351. The number of benzene rings is 1. The Balaban J connectivity index is 1.38.